The highest BCUT2D eigenvalue weighted by atomic mass is 16.2. The van der Waals surface area contributed by atoms with E-state index in [1.807, 2.05) is 30.3 Å². The van der Waals surface area contributed by atoms with Gasteiger partial charge in [-0.2, -0.15) is 0 Å². The highest BCUT2D eigenvalue weighted by Crippen LogP contribution is 2.16. The van der Waals surface area contributed by atoms with E-state index in [0.29, 0.717) is 13.1 Å². The molecule has 2 N–H and O–H groups in total. The highest BCUT2D eigenvalue weighted by Gasteiger charge is 2.23. The van der Waals surface area contributed by atoms with Crippen LogP contribution < -0.4 is 10.6 Å². The number of hydrogen-bond acceptors (Lipinski definition) is 4. The molecule has 1 fully saturated rings. The first kappa shape index (κ1) is 21.0. The second kappa shape index (κ2) is 10.2. The van der Waals surface area contributed by atoms with E-state index in [-0.39, 0.29) is 12.3 Å². The van der Waals surface area contributed by atoms with E-state index < -0.39 is 5.91 Å². The number of hydrogen-bond donors (Lipinski definition) is 1. The van der Waals surface area contributed by atoms with Gasteiger partial charge in [-0.25, -0.2) is 0 Å². The Morgan fingerprint density at radius 3 is 2.21 bits per heavy atom. The molecule has 0 unspecified atom stereocenters. The van der Waals surface area contributed by atoms with Crippen molar-refractivity contribution < 1.29 is 9.59 Å². The van der Waals surface area contributed by atoms with Crippen molar-refractivity contribution >= 4 is 17.5 Å². The molecule has 1 aliphatic heterocycles. The summed E-state index contributed by atoms with van der Waals surface area (Å²) in [6.45, 7) is 7.35. The minimum absolute atomic E-state index is 0.00445. The molecule has 1 heterocycles. The van der Waals surface area contributed by atoms with Crippen molar-refractivity contribution in [2.45, 2.75) is 19.9 Å². The van der Waals surface area contributed by atoms with Crippen LogP contribution in [0.25, 0.3) is 0 Å². The highest BCUT2D eigenvalue weighted by molar-refractivity contribution is 5.95. The van der Waals surface area contributed by atoms with Crippen LogP contribution in [0.2, 0.25) is 0 Å². The maximum atomic E-state index is 13.0. The molecular formula is C23H30N4O2. The van der Waals surface area contributed by atoms with Crippen LogP contribution in [0, 0.1) is 6.92 Å². The van der Waals surface area contributed by atoms with Crippen LogP contribution in [0.4, 0.5) is 5.69 Å². The molecular weight excluding hydrogens is 364 g/mol. The molecule has 3 rings (SSSR count). The third-order valence-corrected chi connectivity index (χ3v) is 5.43. The zero-order valence-corrected chi connectivity index (χ0v) is 17.1. The number of nitrogens with two attached hydrogens (primary N) is 1. The van der Waals surface area contributed by atoms with Gasteiger partial charge in [0.15, 0.2) is 0 Å². The molecule has 154 valence electrons. The van der Waals surface area contributed by atoms with Crippen LogP contribution in [-0.4, -0.2) is 60.9 Å². The number of carbonyl (C=O) groups excluding carboxylic acids is 2. The fraction of sp³-hybridized carbons (Fsp3) is 0.391. The minimum Gasteiger partial charge on any atom is -0.370 e. The lowest BCUT2D eigenvalue weighted by molar-refractivity contribution is -0.120. The molecule has 0 bridgehead atoms. The molecule has 0 aliphatic carbocycles. The van der Waals surface area contributed by atoms with Gasteiger partial charge in [0, 0.05) is 51.4 Å². The summed E-state index contributed by atoms with van der Waals surface area (Å²) < 4.78 is 0. The van der Waals surface area contributed by atoms with Crippen LogP contribution in [-0.2, 0) is 16.1 Å². The lowest BCUT2D eigenvalue weighted by atomic mass is 10.1. The van der Waals surface area contributed by atoms with E-state index in [9.17, 15) is 9.59 Å². The van der Waals surface area contributed by atoms with Gasteiger partial charge in [0.05, 0.1) is 6.54 Å². The molecule has 2 amide bonds. The summed E-state index contributed by atoms with van der Waals surface area (Å²) in [5.41, 5.74) is 8.78. The molecule has 0 aromatic heterocycles. The lowest BCUT2D eigenvalue weighted by Crippen LogP contribution is -2.50. The predicted octanol–water partition coefficient (Wildman–Crippen LogP) is 2.02. The standard InChI is InChI=1S/C23H30N4O2/c1-19-7-5-6-8-20(19)17-25-13-15-26(16-14-25)18-23(29)27(12-11-22(24)28)21-9-3-2-4-10-21/h2-10H,11-18H2,1H3,(H2,24,28). The molecule has 1 saturated heterocycles. The summed E-state index contributed by atoms with van der Waals surface area (Å²) in [5.74, 6) is -0.395. The number of piperazine rings is 1. The van der Waals surface area contributed by atoms with E-state index >= 15 is 0 Å². The molecule has 2 aromatic rings. The molecule has 6 heteroatoms. The van der Waals surface area contributed by atoms with E-state index in [4.69, 9.17) is 5.73 Å². The van der Waals surface area contributed by atoms with Crippen molar-refractivity contribution in [3.63, 3.8) is 0 Å². The third kappa shape index (κ3) is 6.14. The maximum Gasteiger partial charge on any atom is 0.241 e. The predicted molar refractivity (Wildman–Crippen MR) is 116 cm³/mol. The molecule has 29 heavy (non-hydrogen) atoms. The topological polar surface area (TPSA) is 69.9 Å². The summed E-state index contributed by atoms with van der Waals surface area (Å²) in [4.78, 5) is 30.5. The largest absolute Gasteiger partial charge is 0.370 e. The lowest BCUT2D eigenvalue weighted by Gasteiger charge is -2.35. The number of primary amides is 1. The van der Waals surface area contributed by atoms with Gasteiger partial charge in [-0.05, 0) is 30.2 Å². The normalized spacial score (nSPS) is 15.2. The average molecular weight is 395 g/mol. The first-order valence-electron chi connectivity index (χ1n) is 10.2. The Bertz CT molecular complexity index is 817. The van der Waals surface area contributed by atoms with Crippen LogP contribution in [0.5, 0.6) is 0 Å². The number of carbonyl (C=O) groups is 2. The Morgan fingerprint density at radius 2 is 1.55 bits per heavy atom. The van der Waals surface area contributed by atoms with E-state index in [2.05, 4.69) is 41.0 Å². The second-order valence-corrected chi connectivity index (χ2v) is 7.58. The van der Waals surface area contributed by atoms with Crippen LogP contribution in [0.3, 0.4) is 0 Å². The van der Waals surface area contributed by atoms with Gasteiger partial charge in [0.1, 0.15) is 0 Å². The van der Waals surface area contributed by atoms with Crippen molar-refractivity contribution in [1.29, 1.82) is 0 Å². The summed E-state index contributed by atoms with van der Waals surface area (Å²) >= 11 is 0. The number of amides is 2. The SMILES string of the molecule is Cc1ccccc1CN1CCN(CC(=O)N(CCC(N)=O)c2ccccc2)CC1. The Hall–Kier alpha value is -2.70. The smallest absolute Gasteiger partial charge is 0.241 e. The van der Waals surface area contributed by atoms with Gasteiger partial charge in [-0.3, -0.25) is 19.4 Å². The van der Waals surface area contributed by atoms with Crippen molar-refractivity contribution in [2.75, 3.05) is 44.2 Å². The van der Waals surface area contributed by atoms with Crippen molar-refractivity contribution in [3.8, 4) is 0 Å². The first-order valence-corrected chi connectivity index (χ1v) is 10.2. The molecule has 0 saturated carbocycles. The van der Waals surface area contributed by atoms with Crippen molar-refractivity contribution in [1.82, 2.24) is 9.80 Å². The fourth-order valence-electron chi connectivity index (χ4n) is 3.64. The second-order valence-electron chi connectivity index (χ2n) is 7.58. The number of nitrogens with zero attached hydrogens (tertiary/aromatic N) is 3. The molecule has 0 radical (unpaired) electrons. The number of anilines is 1. The molecule has 0 atom stereocenters. The zero-order chi connectivity index (χ0) is 20.6. The van der Waals surface area contributed by atoms with Gasteiger partial charge >= 0.3 is 0 Å². The fourth-order valence-corrected chi connectivity index (χ4v) is 3.64. The average Bonchev–Trinajstić information content (AvgIpc) is 2.72. The van der Waals surface area contributed by atoms with Crippen LogP contribution in [0.1, 0.15) is 17.5 Å². The summed E-state index contributed by atoms with van der Waals surface area (Å²) in [6.07, 6.45) is 0.158. The molecule has 2 aromatic carbocycles. The minimum atomic E-state index is -0.399. The quantitative estimate of drug-likeness (QED) is 0.744. The summed E-state index contributed by atoms with van der Waals surface area (Å²) in [5, 5.41) is 0. The van der Waals surface area contributed by atoms with Gasteiger partial charge < -0.3 is 10.6 Å². The van der Waals surface area contributed by atoms with Crippen molar-refractivity contribution in [2.24, 2.45) is 5.73 Å². The molecule has 0 spiro atoms. The summed E-state index contributed by atoms with van der Waals surface area (Å²) in [7, 11) is 0. The third-order valence-electron chi connectivity index (χ3n) is 5.43. The van der Waals surface area contributed by atoms with Gasteiger partial charge in [-0.15, -0.1) is 0 Å². The first-order chi connectivity index (χ1) is 14.0. The van der Waals surface area contributed by atoms with Gasteiger partial charge in [-0.1, -0.05) is 42.5 Å². The van der Waals surface area contributed by atoms with Crippen LogP contribution >= 0.6 is 0 Å². The molecule has 1 aliphatic rings. The number of aryl methyl sites for hydroxylation is 1. The van der Waals surface area contributed by atoms with E-state index in [1.165, 1.54) is 11.1 Å². The maximum absolute atomic E-state index is 13.0. The van der Waals surface area contributed by atoms with Gasteiger partial charge in [0.2, 0.25) is 11.8 Å². The van der Waals surface area contributed by atoms with Crippen LogP contribution in [0.15, 0.2) is 54.6 Å². The Balaban J connectivity index is 1.54. The number of para-hydroxylation sites is 1. The summed E-state index contributed by atoms with van der Waals surface area (Å²) in [6, 6.07) is 18.0. The van der Waals surface area contributed by atoms with Gasteiger partial charge in [0.25, 0.3) is 0 Å². The Labute approximate surface area is 172 Å². The Kier molecular flexibility index (Phi) is 7.38. The zero-order valence-electron chi connectivity index (χ0n) is 17.1. The van der Waals surface area contributed by atoms with E-state index in [1.54, 1.807) is 4.90 Å². The monoisotopic (exact) mass is 394 g/mol. The Morgan fingerprint density at radius 1 is 0.931 bits per heavy atom. The molecule has 6 nitrogen and oxygen atoms in total. The van der Waals surface area contributed by atoms with Crippen molar-refractivity contribution in [3.05, 3.63) is 65.7 Å². The number of rotatable bonds is 8. The number of benzene rings is 2. The van der Waals surface area contributed by atoms with E-state index in [0.717, 1.165) is 38.4 Å².